The first-order valence-corrected chi connectivity index (χ1v) is 7.97. The Morgan fingerprint density at radius 3 is 2.45 bits per heavy atom. The first kappa shape index (κ1) is 14.8. The molecule has 0 bridgehead atoms. The Bertz CT molecular complexity index is 688. The Hall–Kier alpha value is -1.59. The highest BCUT2D eigenvalue weighted by molar-refractivity contribution is 7.89. The van der Waals surface area contributed by atoms with E-state index in [9.17, 15) is 8.42 Å². The average Bonchev–Trinajstić information content (AvgIpc) is 2.86. The fourth-order valence-electron chi connectivity index (χ4n) is 2.07. The van der Waals surface area contributed by atoms with Crippen LogP contribution in [0.2, 0.25) is 0 Å². The summed E-state index contributed by atoms with van der Waals surface area (Å²) < 4.78 is 32.2. The van der Waals surface area contributed by atoms with Crippen molar-refractivity contribution in [1.82, 2.24) is 4.72 Å². The van der Waals surface area contributed by atoms with Crippen molar-refractivity contribution in [3.63, 3.8) is 0 Å². The van der Waals surface area contributed by atoms with E-state index in [1.807, 2.05) is 32.9 Å². The largest absolute Gasteiger partial charge is 0.472 e. The molecule has 1 aromatic heterocycles. The Morgan fingerprint density at radius 2 is 1.80 bits per heavy atom. The van der Waals surface area contributed by atoms with Crippen LogP contribution >= 0.6 is 0 Å². The van der Waals surface area contributed by atoms with Gasteiger partial charge in [0.05, 0.1) is 17.4 Å². The Morgan fingerprint density at radius 1 is 1.10 bits per heavy atom. The molecule has 1 aromatic carbocycles. The summed E-state index contributed by atoms with van der Waals surface area (Å²) in [5.74, 6) is 0. The molecule has 0 unspecified atom stereocenters. The number of aryl methyl sites for hydroxylation is 3. The molecule has 0 amide bonds. The number of hydrogen-bond acceptors (Lipinski definition) is 3. The molecular formula is C15H19NO3S. The van der Waals surface area contributed by atoms with Gasteiger partial charge in [-0.2, -0.15) is 0 Å². The van der Waals surface area contributed by atoms with Crippen molar-refractivity contribution >= 4 is 10.0 Å². The van der Waals surface area contributed by atoms with Crippen molar-refractivity contribution in [3.05, 3.63) is 53.0 Å². The molecule has 0 spiro atoms. The van der Waals surface area contributed by atoms with Crippen LogP contribution in [0.4, 0.5) is 0 Å². The number of sulfonamides is 1. The van der Waals surface area contributed by atoms with Crippen LogP contribution in [0, 0.1) is 20.8 Å². The maximum absolute atomic E-state index is 12.3. The summed E-state index contributed by atoms with van der Waals surface area (Å²) in [4.78, 5) is 0.354. The van der Waals surface area contributed by atoms with E-state index in [0.29, 0.717) is 17.9 Å². The van der Waals surface area contributed by atoms with Gasteiger partial charge in [0.15, 0.2) is 0 Å². The van der Waals surface area contributed by atoms with Crippen LogP contribution in [0.5, 0.6) is 0 Å². The van der Waals surface area contributed by atoms with Gasteiger partial charge in [0, 0.05) is 6.54 Å². The molecule has 4 nitrogen and oxygen atoms in total. The molecule has 0 aliphatic rings. The van der Waals surface area contributed by atoms with Crippen LogP contribution in [0.1, 0.15) is 22.3 Å². The molecule has 1 heterocycles. The van der Waals surface area contributed by atoms with Crippen molar-refractivity contribution in [3.8, 4) is 0 Å². The van der Waals surface area contributed by atoms with E-state index in [-0.39, 0.29) is 0 Å². The van der Waals surface area contributed by atoms with E-state index in [1.54, 1.807) is 18.6 Å². The lowest BCUT2D eigenvalue weighted by molar-refractivity contribution is 0.562. The number of nitrogens with one attached hydrogen (secondary N) is 1. The van der Waals surface area contributed by atoms with Gasteiger partial charge in [-0.05, 0) is 61.6 Å². The molecule has 0 saturated carbocycles. The quantitative estimate of drug-likeness (QED) is 0.922. The summed E-state index contributed by atoms with van der Waals surface area (Å²) in [5, 5.41) is 0. The van der Waals surface area contributed by atoms with E-state index in [1.165, 1.54) is 0 Å². The maximum atomic E-state index is 12.3. The lowest BCUT2D eigenvalue weighted by atomic mass is 10.1. The highest BCUT2D eigenvalue weighted by Gasteiger charge is 2.17. The van der Waals surface area contributed by atoms with Gasteiger partial charge in [-0.15, -0.1) is 0 Å². The van der Waals surface area contributed by atoms with Crippen molar-refractivity contribution in [2.24, 2.45) is 0 Å². The first-order chi connectivity index (χ1) is 9.40. The Labute approximate surface area is 119 Å². The van der Waals surface area contributed by atoms with Crippen LogP contribution in [-0.2, 0) is 16.4 Å². The van der Waals surface area contributed by atoms with Crippen molar-refractivity contribution in [1.29, 1.82) is 0 Å². The lowest BCUT2D eigenvalue weighted by Gasteiger charge is -2.11. The molecule has 1 N–H and O–H groups in total. The number of hydrogen-bond donors (Lipinski definition) is 1. The molecule has 2 rings (SSSR count). The second-order valence-electron chi connectivity index (χ2n) is 4.98. The van der Waals surface area contributed by atoms with Crippen LogP contribution in [0.15, 0.2) is 40.0 Å². The van der Waals surface area contributed by atoms with Gasteiger partial charge in [0.2, 0.25) is 10.0 Å². The van der Waals surface area contributed by atoms with Crippen LogP contribution in [0.25, 0.3) is 0 Å². The van der Waals surface area contributed by atoms with E-state index >= 15 is 0 Å². The van der Waals surface area contributed by atoms with Gasteiger partial charge in [-0.25, -0.2) is 13.1 Å². The highest BCUT2D eigenvalue weighted by Crippen LogP contribution is 2.19. The smallest absolute Gasteiger partial charge is 0.240 e. The topological polar surface area (TPSA) is 59.3 Å². The standard InChI is InChI=1S/C15H19NO3S/c1-11-8-13(3)15(9-12(11)2)20(17,18)16-6-4-14-5-7-19-10-14/h5,7-10,16H,4,6H2,1-3H3. The molecule has 20 heavy (non-hydrogen) atoms. The van der Waals surface area contributed by atoms with Crippen LogP contribution in [-0.4, -0.2) is 15.0 Å². The average molecular weight is 293 g/mol. The van der Waals surface area contributed by atoms with Crippen LogP contribution < -0.4 is 4.72 Å². The Balaban J connectivity index is 2.12. The molecule has 0 aliphatic heterocycles. The van der Waals surface area contributed by atoms with E-state index in [0.717, 1.165) is 22.3 Å². The maximum Gasteiger partial charge on any atom is 0.240 e. The fourth-order valence-corrected chi connectivity index (χ4v) is 3.41. The minimum absolute atomic E-state index is 0.354. The van der Waals surface area contributed by atoms with Gasteiger partial charge in [0.25, 0.3) is 0 Å². The van der Waals surface area contributed by atoms with Gasteiger partial charge >= 0.3 is 0 Å². The molecule has 0 saturated heterocycles. The molecule has 0 atom stereocenters. The monoisotopic (exact) mass is 293 g/mol. The van der Waals surface area contributed by atoms with Gasteiger partial charge < -0.3 is 4.42 Å². The van der Waals surface area contributed by atoms with Gasteiger partial charge in [-0.1, -0.05) is 6.07 Å². The lowest BCUT2D eigenvalue weighted by Crippen LogP contribution is -2.26. The summed E-state index contributed by atoms with van der Waals surface area (Å²) in [6.45, 7) is 6.07. The number of furan rings is 1. The number of rotatable bonds is 5. The Kier molecular flexibility index (Phi) is 4.30. The van der Waals surface area contributed by atoms with Gasteiger partial charge in [-0.3, -0.25) is 0 Å². The first-order valence-electron chi connectivity index (χ1n) is 6.49. The van der Waals surface area contributed by atoms with Crippen LogP contribution in [0.3, 0.4) is 0 Å². The van der Waals surface area contributed by atoms with Crippen molar-refractivity contribution in [2.75, 3.05) is 6.54 Å². The molecular weight excluding hydrogens is 274 g/mol. The SMILES string of the molecule is Cc1cc(C)c(S(=O)(=O)NCCc2ccoc2)cc1C. The third kappa shape index (κ3) is 3.29. The minimum atomic E-state index is -3.46. The summed E-state index contributed by atoms with van der Waals surface area (Å²) >= 11 is 0. The zero-order chi connectivity index (χ0) is 14.8. The fraction of sp³-hybridized carbons (Fsp3) is 0.333. The van der Waals surface area contributed by atoms with Crippen molar-refractivity contribution < 1.29 is 12.8 Å². The molecule has 0 radical (unpaired) electrons. The molecule has 108 valence electrons. The predicted molar refractivity (Wildman–Crippen MR) is 78.3 cm³/mol. The molecule has 0 fully saturated rings. The molecule has 5 heteroatoms. The van der Waals surface area contributed by atoms with E-state index in [4.69, 9.17) is 4.42 Å². The predicted octanol–water partition coefficient (Wildman–Crippen LogP) is 2.73. The summed E-state index contributed by atoms with van der Waals surface area (Å²) in [5.41, 5.74) is 3.82. The van der Waals surface area contributed by atoms with E-state index < -0.39 is 10.0 Å². The third-order valence-corrected chi connectivity index (χ3v) is 4.97. The van der Waals surface area contributed by atoms with Crippen molar-refractivity contribution in [2.45, 2.75) is 32.1 Å². The minimum Gasteiger partial charge on any atom is -0.472 e. The summed E-state index contributed by atoms with van der Waals surface area (Å²) in [7, 11) is -3.46. The van der Waals surface area contributed by atoms with Gasteiger partial charge in [0.1, 0.15) is 0 Å². The highest BCUT2D eigenvalue weighted by atomic mass is 32.2. The molecule has 2 aromatic rings. The summed E-state index contributed by atoms with van der Waals surface area (Å²) in [6.07, 6.45) is 3.81. The second-order valence-corrected chi connectivity index (χ2v) is 6.72. The molecule has 0 aliphatic carbocycles. The summed E-state index contributed by atoms with van der Waals surface area (Å²) in [6, 6.07) is 5.46. The normalized spacial score (nSPS) is 11.8. The van der Waals surface area contributed by atoms with E-state index in [2.05, 4.69) is 4.72 Å². The zero-order valence-corrected chi connectivity index (χ0v) is 12.8. The third-order valence-electron chi connectivity index (χ3n) is 3.37. The second kappa shape index (κ2) is 5.81. The number of benzene rings is 1. The zero-order valence-electron chi connectivity index (χ0n) is 11.9.